The first-order valence-corrected chi connectivity index (χ1v) is 6.08. The average molecular weight is 298 g/mol. The summed E-state index contributed by atoms with van der Waals surface area (Å²) in [6.45, 7) is 1.29. The van der Waals surface area contributed by atoms with Crippen molar-refractivity contribution in [2.24, 2.45) is 0 Å². The predicted molar refractivity (Wildman–Crippen MR) is 70.1 cm³/mol. The van der Waals surface area contributed by atoms with E-state index in [0.29, 0.717) is 12.0 Å². The van der Waals surface area contributed by atoms with Crippen molar-refractivity contribution in [1.29, 1.82) is 0 Å². The van der Waals surface area contributed by atoms with Gasteiger partial charge in [-0.1, -0.05) is 17.7 Å². The summed E-state index contributed by atoms with van der Waals surface area (Å²) in [4.78, 5) is 14.5. The third kappa shape index (κ3) is 2.93. The summed E-state index contributed by atoms with van der Waals surface area (Å²) in [5.74, 6) is -1.63. The molecule has 0 aliphatic carbocycles. The van der Waals surface area contributed by atoms with Crippen molar-refractivity contribution >= 4 is 17.9 Å². The van der Waals surface area contributed by atoms with Gasteiger partial charge < -0.3 is 4.74 Å². The number of nitrogens with zero attached hydrogens (tertiary/aromatic N) is 1. The summed E-state index contributed by atoms with van der Waals surface area (Å²) >= 11 is 5.83. The first-order valence-electron chi connectivity index (χ1n) is 5.71. The summed E-state index contributed by atoms with van der Waals surface area (Å²) in [5.41, 5.74) is 0.585. The number of benzene rings is 1. The van der Waals surface area contributed by atoms with Gasteiger partial charge in [-0.15, -0.1) is 0 Å². The molecule has 6 heteroatoms. The zero-order valence-corrected chi connectivity index (χ0v) is 11.2. The van der Waals surface area contributed by atoms with E-state index in [4.69, 9.17) is 16.3 Å². The van der Waals surface area contributed by atoms with Crippen LogP contribution in [0.3, 0.4) is 0 Å². The lowest BCUT2D eigenvalue weighted by Crippen LogP contribution is -2.04. The molecule has 0 aliphatic rings. The molecule has 2 rings (SSSR count). The first-order chi connectivity index (χ1) is 9.52. The maximum atomic E-state index is 13.6. The molecule has 0 radical (unpaired) electrons. The van der Waals surface area contributed by atoms with E-state index >= 15 is 0 Å². The number of halogens is 3. The predicted octanol–water partition coefficient (Wildman–Crippen LogP) is 3.71. The second kappa shape index (κ2) is 5.96. The van der Waals surface area contributed by atoms with E-state index < -0.39 is 11.6 Å². The first kappa shape index (κ1) is 14.4. The van der Waals surface area contributed by atoms with Gasteiger partial charge in [0, 0.05) is 11.1 Å². The Bertz CT molecular complexity index is 642. The van der Waals surface area contributed by atoms with Crippen LogP contribution in [0.25, 0.3) is 0 Å². The van der Waals surface area contributed by atoms with Gasteiger partial charge in [0.15, 0.2) is 12.1 Å². The minimum absolute atomic E-state index is 0.118. The highest BCUT2D eigenvalue weighted by atomic mass is 35.5. The Morgan fingerprint density at radius 3 is 2.75 bits per heavy atom. The third-order valence-corrected chi connectivity index (χ3v) is 3.07. The van der Waals surface area contributed by atoms with E-state index in [9.17, 15) is 13.6 Å². The van der Waals surface area contributed by atoms with Crippen LogP contribution in [-0.2, 0) is 6.61 Å². The number of aromatic nitrogens is 1. The lowest BCUT2D eigenvalue weighted by Gasteiger charge is -2.10. The fourth-order valence-corrected chi connectivity index (χ4v) is 1.82. The highest BCUT2D eigenvalue weighted by Gasteiger charge is 2.13. The summed E-state index contributed by atoms with van der Waals surface area (Å²) in [6.07, 6.45) is 0.503. The Labute approximate surface area is 119 Å². The number of aryl methyl sites for hydroxylation is 1. The van der Waals surface area contributed by atoms with Crippen LogP contribution < -0.4 is 4.74 Å². The summed E-state index contributed by atoms with van der Waals surface area (Å²) in [7, 11) is 0. The van der Waals surface area contributed by atoms with Gasteiger partial charge >= 0.3 is 0 Å². The molecule has 0 saturated carbocycles. The van der Waals surface area contributed by atoms with Crippen LogP contribution >= 0.6 is 11.6 Å². The molecule has 2 aromatic rings. The number of aldehydes is 1. The zero-order chi connectivity index (χ0) is 14.7. The van der Waals surface area contributed by atoms with Crippen LogP contribution in [0, 0.1) is 18.6 Å². The second-order valence-corrected chi connectivity index (χ2v) is 4.46. The Morgan fingerprint density at radius 1 is 1.35 bits per heavy atom. The van der Waals surface area contributed by atoms with Crippen LogP contribution in [-0.4, -0.2) is 11.3 Å². The van der Waals surface area contributed by atoms with Crippen molar-refractivity contribution < 1.29 is 18.3 Å². The standard InChI is InChI=1S/C14H10ClF2NO2/c1-8-9(6-19)5-13(17)14(18-8)20-7-10-11(15)3-2-4-12(10)16/h2-6H,7H2,1H3. The summed E-state index contributed by atoms with van der Waals surface area (Å²) < 4.78 is 32.3. The van der Waals surface area contributed by atoms with Crippen molar-refractivity contribution in [1.82, 2.24) is 4.98 Å². The van der Waals surface area contributed by atoms with E-state index in [1.807, 2.05) is 0 Å². The van der Waals surface area contributed by atoms with Gasteiger partial charge in [0.1, 0.15) is 12.4 Å². The molecule has 1 heterocycles. The molecule has 0 unspecified atom stereocenters. The van der Waals surface area contributed by atoms with Crippen molar-refractivity contribution in [2.45, 2.75) is 13.5 Å². The monoisotopic (exact) mass is 297 g/mol. The quantitative estimate of drug-likeness (QED) is 0.808. The SMILES string of the molecule is Cc1nc(OCc2c(F)cccc2Cl)c(F)cc1C=O. The van der Waals surface area contributed by atoms with Gasteiger partial charge in [-0.2, -0.15) is 0 Å². The van der Waals surface area contributed by atoms with Crippen molar-refractivity contribution in [2.75, 3.05) is 0 Å². The Kier molecular flexibility index (Phi) is 4.29. The Morgan fingerprint density at radius 2 is 2.10 bits per heavy atom. The number of rotatable bonds is 4. The number of pyridine rings is 1. The average Bonchev–Trinajstić information content (AvgIpc) is 2.41. The van der Waals surface area contributed by atoms with Crippen LogP contribution in [0.4, 0.5) is 8.78 Å². The smallest absolute Gasteiger partial charge is 0.251 e. The molecule has 104 valence electrons. The fraction of sp³-hybridized carbons (Fsp3) is 0.143. The van der Waals surface area contributed by atoms with E-state index in [-0.39, 0.29) is 28.6 Å². The van der Waals surface area contributed by atoms with Crippen LogP contribution in [0.2, 0.25) is 5.02 Å². The lowest BCUT2D eigenvalue weighted by atomic mass is 10.2. The number of carbonyl (C=O) groups is 1. The molecule has 0 aliphatic heterocycles. The molecule has 1 aromatic carbocycles. The molecular weight excluding hydrogens is 288 g/mol. The summed E-state index contributed by atoms with van der Waals surface area (Å²) in [6, 6.07) is 5.22. The maximum Gasteiger partial charge on any atom is 0.251 e. The molecule has 0 bridgehead atoms. The van der Waals surface area contributed by atoms with Gasteiger partial charge in [-0.3, -0.25) is 4.79 Å². The molecule has 1 aromatic heterocycles. The Hall–Kier alpha value is -2.01. The summed E-state index contributed by atoms with van der Waals surface area (Å²) in [5, 5.41) is 0.187. The highest BCUT2D eigenvalue weighted by Crippen LogP contribution is 2.23. The van der Waals surface area contributed by atoms with Gasteiger partial charge in [-0.25, -0.2) is 13.8 Å². The topological polar surface area (TPSA) is 39.2 Å². The minimum atomic E-state index is -0.787. The Balaban J connectivity index is 2.23. The third-order valence-electron chi connectivity index (χ3n) is 2.72. The minimum Gasteiger partial charge on any atom is -0.471 e. The maximum absolute atomic E-state index is 13.6. The van der Waals surface area contributed by atoms with Crippen LogP contribution in [0.5, 0.6) is 5.88 Å². The van der Waals surface area contributed by atoms with Crippen molar-refractivity contribution in [3.8, 4) is 5.88 Å². The van der Waals surface area contributed by atoms with E-state index in [1.165, 1.54) is 18.2 Å². The molecular formula is C14H10ClF2NO2. The van der Waals surface area contributed by atoms with Crippen molar-refractivity contribution in [3.63, 3.8) is 0 Å². The van der Waals surface area contributed by atoms with Gasteiger partial charge in [-0.05, 0) is 25.1 Å². The van der Waals surface area contributed by atoms with E-state index in [0.717, 1.165) is 6.07 Å². The second-order valence-electron chi connectivity index (χ2n) is 4.06. The molecule has 0 spiro atoms. The number of hydrogen-bond donors (Lipinski definition) is 0. The van der Waals surface area contributed by atoms with Gasteiger partial charge in [0.25, 0.3) is 5.88 Å². The normalized spacial score (nSPS) is 10.4. The number of hydrogen-bond acceptors (Lipinski definition) is 3. The van der Waals surface area contributed by atoms with Gasteiger partial charge in [0.2, 0.25) is 0 Å². The van der Waals surface area contributed by atoms with E-state index in [1.54, 1.807) is 6.92 Å². The highest BCUT2D eigenvalue weighted by molar-refractivity contribution is 6.31. The molecule has 0 fully saturated rings. The van der Waals surface area contributed by atoms with Gasteiger partial charge in [0.05, 0.1) is 10.7 Å². The molecule has 20 heavy (non-hydrogen) atoms. The fourth-order valence-electron chi connectivity index (χ4n) is 1.60. The van der Waals surface area contributed by atoms with Crippen LogP contribution in [0.1, 0.15) is 21.6 Å². The largest absolute Gasteiger partial charge is 0.471 e. The zero-order valence-electron chi connectivity index (χ0n) is 10.5. The molecule has 0 amide bonds. The molecule has 3 nitrogen and oxygen atoms in total. The molecule has 0 saturated heterocycles. The number of ether oxygens (including phenoxy) is 1. The van der Waals surface area contributed by atoms with E-state index in [2.05, 4.69) is 4.98 Å². The lowest BCUT2D eigenvalue weighted by molar-refractivity contribution is 0.112. The molecule has 0 atom stereocenters. The van der Waals surface area contributed by atoms with Crippen LogP contribution in [0.15, 0.2) is 24.3 Å². The molecule has 0 N–H and O–H groups in total. The number of carbonyl (C=O) groups excluding carboxylic acids is 1. The van der Waals surface area contributed by atoms with Crippen molar-refractivity contribution in [3.05, 3.63) is 57.7 Å².